The van der Waals surface area contributed by atoms with Gasteiger partial charge in [0.25, 0.3) is 0 Å². The van der Waals surface area contributed by atoms with Crippen LogP contribution in [0.3, 0.4) is 0 Å². The summed E-state index contributed by atoms with van der Waals surface area (Å²) in [5.74, 6) is -0.471. The highest BCUT2D eigenvalue weighted by molar-refractivity contribution is 5.81. The molecule has 1 aromatic heterocycles. The molecule has 0 bridgehead atoms. The molecule has 1 unspecified atom stereocenters. The van der Waals surface area contributed by atoms with Gasteiger partial charge in [-0.15, -0.1) is 0 Å². The van der Waals surface area contributed by atoms with Crippen molar-refractivity contribution in [1.82, 2.24) is 15.5 Å². The van der Waals surface area contributed by atoms with Crippen molar-refractivity contribution < 1.29 is 24.0 Å². The van der Waals surface area contributed by atoms with Crippen molar-refractivity contribution in [3.05, 3.63) is 30.2 Å². The number of benzene rings is 1. The summed E-state index contributed by atoms with van der Waals surface area (Å²) in [7, 11) is 1.56. The Morgan fingerprint density at radius 1 is 1.31 bits per heavy atom. The molecule has 1 aliphatic rings. The summed E-state index contributed by atoms with van der Waals surface area (Å²) in [5, 5.41) is 15.8. The number of hydrogen-bond acceptors (Lipinski definition) is 6. The third-order valence-electron chi connectivity index (χ3n) is 4.67. The molecule has 8 nitrogen and oxygen atoms in total. The Hall–Kier alpha value is -2.90. The molecule has 1 amide bonds. The minimum Gasteiger partial charge on any atom is -0.496 e. The van der Waals surface area contributed by atoms with E-state index in [4.69, 9.17) is 14.4 Å². The van der Waals surface area contributed by atoms with Crippen LogP contribution in [0.4, 0.5) is 0 Å². The number of aliphatic carboxylic acids is 1. The number of carbonyl (C=O) groups is 2. The lowest BCUT2D eigenvalue weighted by Crippen LogP contribution is -2.32. The first kappa shape index (κ1) is 17.9. The number of hydrogen-bond donors (Lipinski definition) is 2. The van der Waals surface area contributed by atoms with Gasteiger partial charge >= 0.3 is 5.97 Å². The molecule has 1 aromatic carbocycles. The third kappa shape index (κ3) is 3.68. The zero-order valence-corrected chi connectivity index (χ0v) is 14.6. The molecule has 2 aromatic rings. The Morgan fingerprint density at radius 3 is 2.73 bits per heavy atom. The second-order valence-corrected chi connectivity index (χ2v) is 6.43. The first-order valence-electron chi connectivity index (χ1n) is 8.49. The van der Waals surface area contributed by atoms with E-state index in [1.807, 2.05) is 18.2 Å². The number of ether oxygens (including phenoxy) is 1. The van der Waals surface area contributed by atoms with E-state index < -0.39 is 17.9 Å². The normalized spacial score (nSPS) is 20.5. The molecule has 2 N–H and O–H groups in total. The van der Waals surface area contributed by atoms with Crippen molar-refractivity contribution in [2.75, 3.05) is 7.11 Å². The lowest BCUT2D eigenvalue weighted by Gasteiger charge is -2.14. The molecule has 1 heterocycles. The zero-order valence-electron chi connectivity index (χ0n) is 14.6. The Morgan fingerprint density at radius 2 is 2.04 bits per heavy atom. The van der Waals surface area contributed by atoms with Crippen LogP contribution in [0.1, 0.15) is 38.1 Å². The first-order valence-corrected chi connectivity index (χ1v) is 8.49. The number of carbonyl (C=O) groups excluding carboxylic acids is 1. The zero-order chi connectivity index (χ0) is 18.7. The van der Waals surface area contributed by atoms with Crippen LogP contribution in [0.5, 0.6) is 5.75 Å². The van der Waals surface area contributed by atoms with Gasteiger partial charge in [0.1, 0.15) is 11.8 Å². The predicted octanol–water partition coefficient (Wildman–Crippen LogP) is 2.42. The van der Waals surface area contributed by atoms with Gasteiger partial charge in [0.05, 0.1) is 18.6 Å². The lowest BCUT2D eigenvalue weighted by molar-refractivity contribution is -0.141. The largest absolute Gasteiger partial charge is 0.496 e. The number of carboxylic acids is 1. The molecular weight excluding hydrogens is 338 g/mol. The number of rotatable bonds is 6. The van der Waals surface area contributed by atoms with Gasteiger partial charge in [-0.3, -0.25) is 9.59 Å². The number of nitrogens with one attached hydrogen (secondary N) is 1. The Labute approximate surface area is 150 Å². The monoisotopic (exact) mass is 359 g/mol. The summed E-state index contributed by atoms with van der Waals surface area (Å²) < 4.78 is 10.6. The Bertz CT molecular complexity index is 804. The van der Waals surface area contributed by atoms with Gasteiger partial charge in [-0.05, 0) is 38.3 Å². The summed E-state index contributed by atoms with van der Waals surface area (Å²) in [6, 6.07) is 6.84. The Kier molecular flexibility index (Phi) is 5.20. The highest BCUT2D eigenvalue weighted by atomic mass is 16.5. The van der Waals surface area contributed by atoms with Crippen LogP contribution in [0.2, 0.25) is 0 Å². The molecule has 0 saturated heterocycles. The fourth-order valence-electron chi connectivity index (χ4n) is 3.19. The van der Waals surface area contributed by atoms with E-state index in [-0.39, 0.29) is 17.7 Å². The number of amides is 1. The van der Waals surface area contributed by atoms with E-state index in [9.17, 15) is 9.59 Å². The summed E-state index contributed by atoms with van der Waals surface area (Å²) in [4.78, 5) is 27.7. The molecule has 26 heavy (non-hydrogen) atoms. The van der Waals surface area contributed by atoms with Gasteiger partial charge in [0.2, 0.25) is 17.6 Å². The highest BCUT2D eigenvalue weighted by Crippen LogP contribution is 2.32. The highest BCUT2D eigenvalue weighted by Gasteiger charge is 2.34. The van der Waals surface area contributed by atoms with Gasteiger partial charge in [0.15, 0.2) is 0 Å². The predicted molar refractivity (Wildman–Crippen MR) is 91.3 cm³/mol. The number of nitrogens with zero attached hydrogens (tertiary/aromatic N) is 2. The number of carboxylic acid groups (broad SMARTS) is 1. The molecule has 138 valence electrons. The van der Waals surface area contributed by atoms with Crippen LogP contribution in [-0.2, 0) is 9.59 Å². The van der Waals surface area contributed by atoms with Gasteiger partial charge in [-0.1, -0.05) is 17.3 Å². The second kappa shape index (κ2) is 7.55. The van der Waals surface area contributed by atoms with Gasteiger partial charge in [-0.25, -0.2) is 0 Å². The molecule has 0 aliphatic heterocycles. The van der Waals surface area contributed by atoms with Gasteiger partial charge < -0.3 is 19.7 Å². The van der Waals surface area contributed by atoms with E-state index in [1.165, 1.54) is 0 Å². The standard InChI is InChI=1S/C18H21N3O5/c1-10(19-16(22)11-7-8-12(9-11)18(23)24)17-20-15(21-26-17)13-5-3-4-6-14(13)25-2/h3-6,10-12H,7-9H2,1-2H3,(H,19,22)(H,23,24)/t10?,11-,12+/m1/s1. The summed E-state index contributed by atoms with van der Waals surface area (Å²) in [5.41, 5.74) is 0.698. The van der Waals surface area contributed by atoms with Crippen molar-refractivity contribution in [3.63, 3.8) is 0 Å². The molecule has 3 rings (SSSR count). The quantitative estimate of drug-likeness (QED) is 0.814. The average molecular weight is 359 g/mol. The summed E-state index contributed by atoms with van der Waals surface area (Å²) in [6.45, 7) is 1.75. The number of para-hydroxylation sites is 1. The SMILES string of the molecule is COc1ccccc1-c1noc(C(C)NC(=O)[C@@H]2CC[C@H](C(=O)O)C2)n1. The molecule has 8 heteroatoms. The van der Waals surface area contributed by atoms with E-state index in [1.54, 1.807) is 20.1 Å². The van der Waals surface area contributed by atoms with Crippen molar-refractivity contribution in [1.29, 1.82) is 0 Å². The van der Waals surface area contributed by atoms with Crippen LogP contribution < -0.4 is 10.1 Å². The van der Waals surface area contributed by atoms with E-state index in [0.717, 1.165) is 0 Å². The smallest absolute Gasteiger partial charge is 0.306 e. The van der Waals surface area contributed by atoms with E-state index in [0.29, 0.717) is 36.4 Å². The first-order chi connectivity index (χ1) is 12.5. The van der Waals surface area contributed by atoms with Gasteiger partial charge in [0, 0.05) is 5.92 Å². The van der Waals surface area contributed by atoms with Crippen LogP contribution >= 0.6 is 0 Å². The minimum absolute atomic E-state index is 0.182. The maximum absolute atomic E-state index is 12.4. The second-order valence-electron chi connectivity index (χ2n) is 6.43. The average Bonchev–Trinajstić information content (AvgIpc) is 3.31. The molecule has 0 spiro atoms. The fourth-order valence-corrected chi connectivity index (χ4v) is 3.19. The molecule has 0 radical (unpaired) electrons. The maximum Gasteiger partial charge on any atom is 0.306 e. The third-order valence-corrected chi connectivity index (χ3v) is 4.67. The molecule has 1 saturated carbocycles. The molecular formula is C18H21N3O5. The molecule has 3 atom stereocenters. The van der Waals surface area contributed by atoms with E-state index in [2.05, 4.69) is 15.5 Å². The number of aromatic nitrogens is 2. The molecule has 1 fully saturated rings. The number of methoxy groups -OCH3 is 1. The summed E-state index contributed by atoms with van der Waals surface area (Å²) >= 11 is 0. The van der Waals surface area contributed by atoms with Crippen LogP contribution in [-0.4, -0.2) is 34.2 Å². The Balaban J connectivity index is 1.66. The van der Waals surface area contributed by atoms with Crippen LogP contribution in [0.15, 0.2) is 28.8 Å². The lowest BCUT2D eigenvalue weighted by atomic mass is 10.0. The van der Waals surface area contributed by atoms with Crippen LogP contribution in [0.25, 0.3) is 11.4 Å². The minimum atomic E-state index is -0.841. The van der Waals surface area contributed by atoms with E-state index >= 15 is 0 Å². The summed E-state index contributed by atoms with van der Waals surface area (Å²) in [6.07, 6.45) is 1.47. The molecule has 1 aliphatic carbocycles. The van der Waals surface area contributed by atoms with Crippen molar-refractivity contribution >= 4 is 11.9 Å². The topological polar surface area (TPSA) is 115 Å². The van der Waals surface area contributed by atoms with Crippen LogP contribution in [0, 0.1) is 11.8 Å². The van der Waals surface area contributed by atoms with Crippen molar-refractivity contribution in [2.24, 2.45) is 11.8 Å². The fraction of sp³-hybridized carbons (Fsp3) is 0.444. The van der Waals surface area contributed by atoms with Crippen molar-refractivity contribution in [3.8, 4) is 17.1 Å². The van der Waals surface area contributed by atoms with Crippen molar-refractivity contribution in [2.45, 2.75) is 32.2 Å². The maximum atomic E-state index is 12.4. The van der Waals surface area contributed by atoms with Gasteiger partial charge in [-0.2, -0.15) is 4.98 Å².